The maximum absolute atomic E-state index is 12.1. The lowest BCUT2D eigenvalue weighted by Crippen LogP contribution is -2.39. The average Bonchev–Trinajstić information content (AvgIpc) is 3.02. The summed E-state index contributed by atoms with van der Waals surface area (Å²) in [6.07, 6.45) is 41.9. The molecule has 5 nitrogen and oxygen atoms in total. The van der Waals surface area contributed by atoms with Crippen LogP contribution in [0.5, 0.6) is 0 Å². The Balaban J connectivity index is 3.45. The number of hydrogen-bond acceptors (Lipinski definition) is 3. The molecule has 0 aromatic heterocycles. The molecule has 0 spiro atoms. The highest BCUT2D eigenvalue weighted by molar-refractivity contribution is 5.76. The summed E-state index contributed by atoms with van der Waals surface area (Å²) in [4.78, 5) is 24.1. The Morgan fingerprint density at radius 1 is 0.455 bits per heavy atom. The molecule has 3 N–H and O–H groups in total. The Bertz CT molecular complexity index is 620. The Morgan fingerprint density at radius 2 is 0.727 bits per heavy atom. The topological polar surface area (TPSA) is 78.4 Å². The Kier molecular flexibility index (Phi) is 34.5. The lowest BCUT2D eigenvalue weighted by Gasteiger charge is -2.13. The molecule has 258 valence electrons. The van der Waals surface area contributed by atoms with Crippen LogP contribution in [0.3, 0.4) is 0 Å². The quantitative estimate of drug-likeness (QED) is 0.0496. The van der Waals surface area contributed by atoms with Gasteiger partial charge in [0, 0.05) is 25.9 Å². The Labute approximate surface area is 273 Å². The fourth-order valence-corrected chi connectivity index (χ4v) is 5.42. The minimum absolute atomic E-state index is 0.0127. The van der Waals surface area contributed by atoms with Gasteiger partial charge in [0.05, 0.1) is 6.10 Å². The summed E-state index contributed by atoms with van der Waals surface area (Å²) in [6.45, 7) is 4.91. The molecule has 0 saturated carbocycles. The van der Waals surface area contributed by atoms with Crippen LogP contribution >= 0.6 is 0 Å². The summed E-state index contributed by atoms with van der Waals surface area (Å²) in [5.74, 6) is -0.0254. The molecule has 0 aliphatic rings. The first kappa shape index (κ1) is 42.4. The first-order valence-corrected chi connectivity index (χ1v) is 19.1. The van der Waals surface area contributed by atoms with Crippen molar-refractivity contribution in [3.63, 3.8) is 0 Å². The number of nitrogens with one attached hydrogen (secondary N) is 2. The van der Waals surface area contributed by atoms with E-state index in [1.807, 2.05) is 0 Å². The van der Waals surface area contributed by atoms with Crippen molar-refractivity contribution >= 4 is 11.8 Å². The van der Waals surface area contributed by atoms with Crippen molar-refractivity contribution < 1.29 is 14.7 Å². The van der Waals surface area contributed by atoms with Gasteiger partial charge in [-0.05, 0) is 64.2 Å². The third kappa shape index (κ3) is 34.9. The molecule has 0 heterocycles. The van der Waals surface area contributed by atoms with Gasteiger partial charge in [-0.25, -0.2) is 0 Å². The SMILES string of the molecule is CCCCCCCC/C=C/CCCCCCCC(=O)NCC(O)CNC(=O)CCCCCCC/C=C/CCCCCCCC. The molecule has 0 fully saturated rings. The van der Waals surface area contributed by atoms with Crippen LogP contribution in [-0.4, -0.2) is 36.1 Å². The van der Waals surface area contributed by atoms with E-state index in [4.69, 9.17) is 0 Å². The van der Waals surface area contributed by atoms with E-state index < -0.39 is 6.10 Å². The van der Waals surface area contributed by atoms with Gasteiger partial charge in [-0.2, -0.15) is 0 Å². The van der Waals surface area contributed by atoms with Crippen molar-refractivity contribution in [2.75, 3.05) is 13.1 Å². The first-order valence-electron chi connectivity index (χ1n) is 19.1. The number of carbonyl (C=O) groups excluding carboxylic acids is 2. The molecule has 0 aliphatic heterocycles. The summed E-state index contributed by atoms with van der Waals surface area (Å²) >= 11 is 0. The van der Waals surface area contributed by atoms with Crippen molar-refractivity contribution in [3.05, 3.63) is 24.3 Å². The van der Waals surface area contributed by atoms with Crippen LogP contribution in [0.2, 0.25) is 0 Å². The number of allylic oxidation sites excluding steroid dienone is 4. The van der Waals surface area contributed by atoms with Gasteiger partial charge in [0.2, 0.25) is 11.8 Å². The summed E-state index contributed by atoms with van der Waals surface area (Å²) in [5.41, 5.74) is 0. The van der Waals surface area contributed by atoms with Crippen LogP contribution in [0.1, 0.15) is 194 Å². The lowest BCUT2D eigenvalue weighted by molar-refractivity contribution is -0.121. The number of unbranched alkanes of at least 4 members (excludes halogenated alkanes) is 22. The van der Waals surface area contributed by atoms with E-state index in [2.05, 4.69) is 48.8 Å². The van der Waals surface area contributed by atoms with Gasteiger partial charge in [0.25, 0.3) is 0 Å². The van der Waals surface area contributed by atoms with Gasteiger partial charge in [0.15, 0.2) is 0 Å². The Hall–Kier alpha value is -1.62. The van der Waals surface area contributed by atoms with Gasteiger partial charge in [-0.15, -0.1) is 0 Å². The van der Waals surface area contributed by atoms with Crippen molar-refractivity contribution in [1.29, 1.82) is 0 Å². The van der Waals surface area contributed by atoms with Gasteiger partial charge < -0.3 is 15.7 Å². The molecular weight excluding hydrogens is 544 g/mol. The maximum Gasteiger partial charge on any atom is 0.220 e. The zero-order chi connectivity index (χ0) is 32.2. The van der Waals surface area contributed by atoms with Crippen LogP contribution in [0.4, 0.5) is 0 Å². The molecule has 5 heteroatoms. The van der Waals surface area contributed by atoms with Crippen molar-refractivity contribution in [2.45, 2.75) is 200 Å². The lowest BCUT2D eigenvalue weighted by atomic mass is 10.1. The molecule has 0 aliphatic carbocycles. The third-order valence-electron chi connectivity index (χ3n) is 8.40. The molecule has 0 bridgehead atoms. The minimum atomic E-state index is -0.744. The zero-order valence-corrected chi connectivity index (χ0v) is 29.4. The van der Waals surface area contributed by atoms with Crippen molar-refractivity contribution in [3.8, 4) is 0 Å². The first-order chi connectivity index (χ1) is 21.6. The second-order valence-corrected chi connectivity index (χ2v) is 12.9. The molecule has 0 radical (unpaired) electrons. The second-order valence-electron chi connectivity index (χ2n) is 12.9. The molecule has 0 atom stereocenters. The van der Waals surface area contributed by atoms with Crippen LogP contribution in [0, 0.1) is 0 Å². The second kappa shape index (κ2) is 35.9. The monoisotopic (exact) mass is 619 g/mol. The molecule has 44 heavy (non-hydrogen) atoms. The van der Waals surface area contributed by atoms with Gasteiger partial charge >= 0.3 is 0 Å². The standard InChI is InChI=1S/C39H74N2O3/c1-3-5-7-9-11-13-15-17-19-21-23-25-27-29-31-33-38(43)40-35-37(42)36-41-39(44)34-32-30-28-26-24-22-20-18-16-14-12-10-8-6-4-2/h17-20,37,42H,3-16,21-36H2,1-2H3,(H,40,43)(H,41,44)/b19-17+,20-18+. The maximum atomic E-state index is 12.1. The normalized spacial score (nSPS) is 11.7. The van der Waals surface area contributed by atoms with E-state index >= 15 is 0 Å². The zero-order valence-electron chi connectivity index (χ0n) is 29.4. The summed E-state index contributed by atoms with van der Waals surface area (Å²) in [6, 6.07) is 0. The van der Waals surface area contributed by atoms with E-state index in [1.54, 1.807) is 0 Å². The predicted molar refractivity (Wildman–Crippen MR) is 191 cm³/mol. The predicted octanol–water partition coefficient (Wildman–Crippen LogP) is 10.7. The van der Waals surface area contributed by atoms with Crippen molar-refractivity contribution in [1.82, 2.24) is 10.6 Å². The van der Waals surface area contributed by atoms with Crippen molar-refractivity contribution in [2.24, 2.45) is 0 Å². The molecule has 0 unspecified atom stereocenters. The Morgan fingerprint density at radius 3 is 1.05 bits per heavy atom. The fourth-order valence-electron chi connectivity index (χ4n) is 5.42. The highest BCUT2D eigenvalue weighted by Gasteiger charge is 2.09. The minimum Gasteiger partial charge on any atom is -0.389 e. The van der Waals surface area contributed by atoms with E-state index in [1.165, 1.54) is 141 Å². The number of rotatable bonds is 34. The summed E-state index contributed by atoms with van der Waals surface area (Å²) in [7, 11) is 0. The van der Waals surface area contributed by atoms with Crippen LogP contribution in [0.25, 0.3) is 0 Å². The smallest absolute Gasteiger partial charge is 0.220 e. The molecule has 0 saturated heterocycles. The highest BCUT2D eigenvalue weighted by Crippen LogP contribution is 2.11. The van der Waals surface area contributed by atoms with Crippen LogP contribution in [-0.2, 0) is 9.59 Å². The molecule has 2 amide bonds. The summed E-state index contributed by atoms with van der Waals surface area (Å²) in [5, 5.41) is 15.7. The number of hydrogen-bond donors (Lipinski definition) is 3. The fraction of sp³-hybridized carbons (Fsp3) is 0.846. The molecular formula is C39H74N2O3. The molecule has 0 rings (SSSR count). The number of aliphatic hydroxyl groups is 1. The van der Waals surface area contributed by atoms with E-state index in [9.17, 15) is 14.7 Å². The highest BCUT2D eigenvalue weighted by atomic mass is 16.3. The van der Waals surface area contributed by atoms with Gasteiger partial charge in [0.1, 0.15) is 0 Å². The van der Waals surface area contributed by atoms with Crippen LogP contribution < -0.4 is 10.6 Å². The van der Waals surface area contributed by atoms with Crippen LogP contribution in [0.15, 0.2) is 24.3 Å². The summed E-state index contributed by atoms with van der Waals surface area (Å²) < 4.78 is 0. The largest absolute Gasteiger partial charge is 0.389 e. The average molecular weight is 619 g/mol. The number of amides is 2. The third-order valence-corrected chi connectivity index (χ3v) is 8.40. The number of carbonyl (C=O) groups is 2. The van der Waals surface area contributed by atoms with Gasteiger partial charge in [-0.3, -0.25) is 9.59 Å². The van der Waals surface area contributed by atoms with Gasteiger partial charge in [-0.1, -0.05) is 141 Å². The number of aliphatic hydroxyl groups excluding tert-OH is 1. The molecule has 0 aromatic carbocycles. The van der Waals surface area contributed by atoms with E-state index in [0.29, 0.717) is 12.8 Å². The van der Waals surface area contributed by atoms with E-state index in [0.717, 1.165) is 25.7 Å². The van der Waals surface area contributed by atoms with E-state index in [-0.39, 0.29) is 24.9 Å². The molecule has 0 aromatic rings.